The molecule has 4 rings (SSSR count). The molecule has 2 aliphatic rings. The van der Waals surface area contributed by atoms with Crippen LogP contribution in [0.5, 0.6) is 0 Å². The molecule has 1 atom stereocenters. The molecular formula is C28H34N2O5. The Morgan fingerprint density at radius 1 is 1.00 bits per heavy atom. The molecule has 0 radical (unpaired) electrons. The summed E-state index contributed by atoms with van der Waals surface area (Å²) >= 11 is 0. The summed E-state index contributed by atoms with van der Waals surface area (Å²) in [6.07, 6.45) is 2.48. The molecule has 1 saturated carbocycles. The molecule has 35 heavy (non-hydrogen) atoms. The fourth-order valence-corrected chi connectivity index (χ4v) is 5.52. The SMILES string of the molecule is CC(C)C(CNC(=O)OCC1c2ccccc2-c2ccccc21)C(=O)NC1(CC(=O)O)CCCC1. The van der Waals surface area contributed by atoms with Crippen LogP contribution in [-0.4, -0.2) is 41.8 Å². The van der Waals surface area contributed by atoms with Gasteiger partial charge in [0.15, 0.2) is 0 Å². The monoisotopic (exact) mass is 478 g/mol. The number of alkyl carbamates (subject to hydrolysis) is 1. The van der Waals surface area contributed by atoms with E-state index in [9.17, 15) is 19.5 Å². The average Bonchev–Trinajstić information content (AvgIpc) is 3.39. The second-order valence-corrected chi connectivity index (χ2v) is 10.1. The first kappa shape index (κ1) is 24.8. The largest absolute Gasteiger partial charge is 0.481 e. The lowest BCUT2D eigenvalue weighted by atomic mass is 9.89. The van der Waals surface area contributed by atoms with E-state index in [-0.39, 0.29) is 37.3 Å². The third-order valence-corrected chi connectivity index (χ3v) is 7.39. The topological polar surface area (TPSA) is 105 Å². The molecule has 2 aromatic rings. The predicted molar refractivity (Wildman–Crippen MR) is 133 cm³/mol. The van der Waals surface area contributed by atoms with Gasteiger partial charge in [-0.05, 0) is 41.0 Å². The number of hydrogen-bond donors (Lipinski definition) is 3. The molecule has 2 aromatic carbocycles. The molecule has 2 aliphatic carbocycles. The third kappa shape index (κ3) is 5.50. The number of benzene rings is 2. The standard InChI is InChI=1S/C28H34N2O5/c1-18(2)23(26(33)30-28(15-25(31)32)13-7-8-14-28)16-29-27(34)35-17-24-21-11-5-3-9-19(21)20-10-4-6-12-22(20)24/h3-6,9-12,18,23-24H,7-8,13-17H2,1-2H3,(H,29,34)(H,30,33)(H,31,32). The molecule has 2 amide bonds. The van der Waals surface area contributed by atoms with E-state index in [1.165, 1.54) is 0 Å². The molecular weight excluding hydrogens is 444 g/mol. The van der Waals surface area contributed by atoms with Crippen LogP contribution in [-0.2, 0) is 14.3 Å². The summed E-state index contributed by atoms with van der Waals surface area (Å²) in [4.78, 5) is 37.0. The minimum atomic E-state index is -0.912. The van der Waals surface area contributed by atoms with Crippen LogP contribution in [0.3, 0.4) is 0 Å². The van der Waals surface area contributed by atoms with Crippen LogP contribution in [0.25, 0.3) is 11.1 Å². The summed E-state index contributed by atoms with van der Waals surface area (Å²) in [6, 6.07) is 16.3. The van der Waals surface area contributed by atoms with Gasteiger partial charge in [-0.3, -0.25) is 9.59 Å². The molecule has 0 bridgehead atoms. The first-order valence-electron chi connectivity index (χ1n) is 12.4. The van der Waals surface area contributed by atoms with Crippen LogP contribution < -0.4 is 10.6 Å². The summed E-state index contributed by atoms with van der Waals surface area (Å²) in [5.41, 5.74) is 3.91. The number of aliphatic carboxylic acids is 1. The van der Waals surface area contributed by atoms with Gasteiger partial charge in [-0.2, -0.15) is 0 Å². The minimum Gasteiger partial charge on any atom is -0.481 e. The van der Waals surface area contributed by atoms with Crippen molar-refractivity contribution in [2.45, 2.75) is 57.4 Å². The highest BCUT2D eigenvalue weighted by Gasteiger charge is 2.39. The summed E-state index contributed by atoms with van der Waals surface area (Å²) in [6.45, 7) is 4.17. The molecule has 7 nitrogen and oxygen atoms in total. The smallest absolute Gasteiger partial charge is 0.407 e. The Labute approximate surface area is 206 Å². The number of fused-ring (bicyclic) bond motifs is 3. The maximum atomic E-state index is 13.1. The van der Waals surface area contributed by atoms with Gasteiger partial charge in [0.05, 0.1) is 17.9 Å². The van der Waals surface area contributed by atoms with E-state index >= 15 is 0 Å². The fraction of sp³-hybridized carbons (Fsp3) is 0.464. The van der Waals surface area contributed by atoms with Gasteiger partial charge in [0.25, 0.3) is 0 Å². The average molecular weight is 479 g/mol. The molecule has 7 heteroatoms. The summed E-state index contributed by atoms with van der Waals surface area (Å²) in [5, 5.41) is 15.1. The number of ether oxygens (including phenoxy) is 1. The number of carboxylic acids is 1. The highest BCUT2D eigenvalue weighted by molar-refractivity contribution is 5.82. The van der Waals surface area contributed by atoms with Gasteiger partial charge in [0.1, 0.15) is 6.61 Å². The summed E-state index contributed by atoms with van der Waals surface area (Å²) in [5.74, 6) is -1.68. The van der Waals surface area contributed by atoms with Gasteiger partial charge < -0.3 is 20.5 Å². The fourth-order valence-electron chi connectivity index (χ4n) is 5.52. The number of carbonyl (C=O) groups is 3. The molecule has 0 saturated heterocycles. The highest BCUT2D eigenvalue weighted by atomic mass is 16.5. The van der Waals surface area contributed by atoms with E-state index in [1.807, 2.05) is 38.1 Å². The molecule has 0 aromatic heterocycles. The first-order chi connectivity index (χ1) is 16.8. The Bertz CT molecular complexity index is 1040. The van der Waals surface area contributed by atoms with Gasteiger partial charge in [0.2, 0.25) is 5.91 Å². The Morgan fingerprint density at radius 2 is 1.57 bits per heavy atom. The first-order valence-corrected chi connectivity index (χ1v) is 12.4. The number of nitrogens with one attached hydrogen (secondary N) is 2. The van der Waals surface area contributed by atoms with Crippen LogP contribution in [0.2, 0.25) is 0 Å². The van der Waals surface area contributed by atoms with Crippen molar-refractivity contribution in [3.63, 3.8) is 0 Å². The quantitative estimate of drug-likeness (QED) is 0.485. The van der Waals surface area contributed by atoms with E-state index in [1.54, 1.807) is 0 Å². The van der Waals surface area contributed by atoms with Gasteiger partial charge >= 0.3 is 12.1 Å². The van der Waals surface area contributed by atoms with E-state index in [4.69, 9.17) is 4.74 Å². The lowest BCUT2D eigenvalue weighted by molar-refractivity contribution is -0.139. The number of rotatable bonds is 9. The number of hydrogen-bond acceptors (Lipinski definition) is 4. The number of amides is 2. The predicted octanol–water partition coefficient (Wildman–Crippen LogP) is 4.70. The molecule has 0 spiro atoms. The summed E-state index contributed by atoms with van der Waals surface area (Å²) in [7, 11) is 0. The minimum absolute atomic E-state index is 0.0319. The Morgan fingerprint density at radius 3 is 2.11 bits per heavy atom. The Kier molecular flexibility index (Phi) is 7.43. The van der Waals surface area contributed by atoms with Crippen molar-refractivity contribution in [2.75, 3.05) is 13.2 Å². The Balaban J connectivity index is 1.35. The zero-order valence-corrected chi connectivity index (χ0v) is 20.4. The maximum absolute atomic E-state index is 13.1. The maximum Gasteiger partial charge on any atom is 0.407 e. The zero-order valence-electron chi connectivity index (χ0n) is 20.4. The number of carbonyl (C=O) groups excluding carboxylic acids is 2. The molecule has 1 fully saturated rings. The molecule has 0 heterocycles. The normalized spacial score (nSPS) is 16.9. The molecule has 186 valence electrons. The van der Waals surface area contributed by atoms with E-state index < -0.39 is 23.5 Å². The van der Waals surface area contributed by atoms with Crippen molar-refractivity contribution in [3.8, 4) is 11.1 Å². The third-order valence-electron chi connectivity index (χ3n) is 7.39. The van der Waals surface area contributed by atoms with E-state index in [0.29, 0.717) is 12.8 Å². The van der Waals surface area contributed by atoms with Gasteiger partial charge in [-0.1, -0.05) is 75.2 Å². The summed E-state index contributed by atoms with van der Waals surface area (Å²) < 4.78 is 5.60. The molecule has 0 aliphatic heterocycles. The molecule has 3 N–H and O–H groups in total. The Hall–Kier alpha value is -3.35. The van der Waals surface area contributed by atoms with Crippen LogP contribution in [0.4, 0.5) is 4.79 Å². The molecule has 1 unspecified atom stereocenters. The van der Waals surface area contributed by atoms with Crippen molar-refractivity contribution in [1.82, 2.24) is 10.6 Å². The van der Waals surface area contributed by atoms with Crippen molar-refractivity contribution >= 4 is 18.0 Å². The highest BCUT2D eigenvalue weighted by Crippen LogP contribution is 2.44. The number of carboxylic acid groups (broad SMARTS) is 1. The van der Waals surface area contributed by atoms with Gasteiger partial charge in [-0.25, -0.2) is 4.79 Å². The van der Waals surface area contributed by atoms with Crippen LogP contribution in [0, 0.1) is 11.8 Å². The second-order valence-electron chi connectivity index (χ2n) is 10.1. The lowest BCUT2D eigenvalue weighted by Crippen LogP contribution is -2.52. The van der Waals surface area contributed by atoms with E-state index in [0.717, 1.165) is 35.1 Å². The van der Waals surface area contributed by atoms with Crippen LogP contribution in [0.1, 0.15) is 63.0 Å². The lowest BCUT2D eigenvalue weighted by Gasteiger charge is -2.32. The van der Waals surface area contributed by atoms with Crippen molar-refractivity contribution < 1.29 is 24.2 Å². The van der Waals surface area contributed by atoms with Crippen LogP contribution >= 0.6 is 0 Å². The van der Waals surface area contributed by atoms with Gasteiger partial charge in [-0.15, -0.1) is 0 Å². The second kappa shape index (κ2) is 10.5. The van der Waals surface area contributed by atoms with Crippen LogP contribution in [0.15, 0.2) is 48.5 Å². The van der Waals surface area contributed by atoms with E-state index in [2.05, 4.69) is 34.9 Å². The van der Waals surface area contributed by atoms with Gasteiger partial charge in [0, 0.05) is 12.5 Å². The van der Waals surface area contributed by atoms with Crippen molar-refractivity contribution in [3.05, 3.63) is 59.7 Å². The zero-order chi connectivity index (χ0) is 25.0. The van der Waals surface area contributed by atoms with Crippen molar-refractivity contribution in [1.29, 1.82) is 0 Å². The van der Waals surface area contributed by atoms with Crippen molar-refractivity contribution in [2.24, 2.45) is 11.8 Å².